The molecular weight excluding hydrogens is 176 g/mol. The quantitative estimate of drug-likeness (QED) is 0.609. The van der Waals surface area contributed by atoms with Crippen LogP contribution >= 0.6 is 0 Å². The summed E-state index contributed by atoms with van der Waals surface area (Å²) in [6.07, 6.45) is 3.83. The van der Waals surface area contributed by atoms with Crippen molar-refractivity contribution < 1.29 is 4.79 Å². The highest BCUT2D eigenvalue weighted by Gasteiger charge is 2.44. The van der Waals surface area contributed by atoms with Crippen molar-refractivity contribution in [1.29, 1.82) is 0 Å². The van der Waals surface area contributed by atoms with Gasteiger partial charge in [-0.3, -0.25) is 9.69 Å². The van der Waals surface area contributed by atoms with Gasteiger partial charge in [0.1, 0.15) is 0 Å². The van der Waals surface area contributed by atoms with Crippen LogP contribution < -0.4 is 0 Å². The van der Waals surface area contributed by atoms with Crippen LogP contribution in [0.2, 0.25) is 0 Å². The summed E-state index contributed by atoms with van der Waals surface area (Å²) in [4.78, 5) is 16.0. The Morgan fingerprint density at radius 3 is 3.00 bits per heavy atom. The van der Waals surface area contributed by atoms with E-state index in [-0.39, 0.29) is 5.91 Å². The second kappa shape index (κ2) is 3.73. The lowest BCUT2D eigenvalue weighted by molar-refractivity contribution is -0.139. The molecule has 0 aliphatic carbocycles. The molecule has 2 heterocycles. The molecule has 2 atom stereocenters. The monoisotopic (exact) mass is 194 g/mol. The number of likely N-dealkylation sites (N-methyl/N-ethyl adjacent to an activating group) is 1. The maximum atomic E-state index is 11.5. The maximum absolute atomic E-state index is 11.5. The molecule has 0 aromatic heterocycles. The van der Waals surface area contributed by atoms with Crippen LogP contribution in [0.3, 0.4) is 0 Å². The van der Waals surface area contributed by atoms with Gasteiger partial charge < -0.3 is 4.90 Å². The van der Waals surface area contributed by atoms with Gasteiger partial charge >= 0.3 is 0 Å². The van der Waals surface area contributed by atoms with E-state index in [0.717, 1.165) is 26.1 Å². The molecule has 0 N–H and O–H groups in total. The number of hydrogen-bond donors (Lipinski definition) is 0. The van der Waals surface area contributed by atoms with Crippen molar-refractivity contribution in [3.05, 3.63) is 12.7 Å². The van der Waals surface area contributed by atoms with E-state index in [9.17, 15) is 4.79 Å². The predicted molar refractivity (Wildman–Crippen MR) is 56.0 cm³/mol. The molecule has 0 aromatic carbocycles. The summed E-state index contributed by atoms with van der Waals surface area (Å²) in [6, 6.07) is 1.09. The summed E-state index contributed by atoms with van der Waals surface area (Å²) in [7, 11) is 0. The second-order valence-corrected chi connectivity index (χ2v) is 4.10. The molecule has 0 aromatic rings. The van der Waals surface area contributed by atoms with Crippen molar-refractivity contribution in [2.24, 2.45) is 0 Å². The van der Waals surface area contributed by atoms with Crippen molar-refractivity contribution in [2.75, 3.05) is 19.6 Å². The average molecular weight is 194 g/mol. The van der Waals surface area contributed by atoms with Crippen LogP contribution in [0.25, 0.3) is 0 Å². The smallest absolute Gasteiger partial charge is 0.246 e. The van der Waals surface area contributed by atoms with E-state index in [4.69, 9.17) is 0 Å². The molecule has 0 bridgehead atoms. The Morgan fingerprint density at radius 1 is 1.57 bits per heavy atom. The topological polar surface area (TPSA) is 23.6 Å². The first-order valence-electron chi connectivity index (χ1n) is 5.45. The zero-order chi connectivity index (χ0) is 10.1. The minimum absolute atomic E-state index is 0.107. The zero-order valence-corrected chi connectivity index (χ0v) is 8.78. The van der Waals surface area contributed by atoms with Crippen LogP contribution in [-0.2, 0) is 4.79 Å². The molecule has 2 saturated heterocycles. The molecule has 3 nitrogen and oxygen atoms in total. The van der Waals surface area contributed by atoms with Gasteiger partial charge in [0.15, 0.2) is 0 Å². The minimum Gasteiger partial charge on any atom is -0.333 e. The van der Waals surface area contributed by atoms with Gasteiger partial charge in [-0.15, -0.1) is 0 Å². The number of amides is 1. The number of hydrogen-bond acceptors (Lipinski definition) is 2. The number of carbonyl (C=O) groups is 1. The van der Waals surface area contributed by atoms with Gasteiger partial charge in [-0.05, 0) is 25.5 Å². The Morgan fingerprint density at radius 2 is 2.36 bits per heavy atom. The van der Waals surface area contributed by atoms with Crippen molar-refractivity contribution in [1.82, 2.24) is 9.80 Å². The fourth-order valence-corrected chi connectivity index (χ4v) is 2.68. The zero-order valence-electron chi connectivity index (χ0n) is 8.78. The van der Waals surface area contributed by atoms with Crippen LogP contribution in [-0.4, -0.2) is 47.4 Å². The highest BCUT2D eigenvalue weighted by Crippen LogP contribution is 2.31. The van der Waals surface area contributed by atoms with E-state index in [2.05, 4.69) is 18.4 Å². The fraction of sp³-hybridized carbons (Fsp3) is 0.727. The highest BCUT2D eigenvalue weighted by atomic mass is 16.2. The van der Waals surface area contributed by atoms with Gasteiger partial charge in [0.05, 0.1) is 6.04 Å². The van der Waals surface area contributed by atoms with Crippen LogP contribution in [0.1, 0.15) is 19.8 Å². The normalized spacial score (nSPS) is 31.9. The van der Waals surface area contributed by atoms with Gasteiger partial charge in [-0.2, -0.15) is 0 Å². The Kier molecular flexibility index (Phi) is 2.59. The lowest BCUT2D eigenvalue weighted by Crippen LogP contribution is -2.69. The van der Waals surface area contributed by atoms with Crippen LogP contribution in [0.15, 0.2) is 12.7 Å². The molecule has 1 amide bonds. The number of fused-ring (bicyclic) bond motifs is 1. The third-order valence-corrected chi connectivity index (χ3v) is 3.50. The Balaban J connectivity index is 2.02. The van der Waals surface area contributed by atoms with Crippen LogP contribution in [0.5, 0.6) is 0 Å². The first kappa shape index (κ1) is 9.71. The lowest BCUT2D eigenvalue weighted by atomic mass is 9.86. The number of rotatable bonds is 2. The SMILES string of the molecule is C=CC(=O)N1CCCC2C1CN2CC. The molecule has 78 valence electrons. The van der Waals surface area contributed by atoms with Crippen molar-refractivity contribution in [3.63, 3.8) is 0 Å². The summed E-state index contributed by atoms with van der Waals surface area (Å²) >= 11 is 0. The number of carbonyl (C=O) groups excluding carboxylic acids is 1. The number of nitrogens with zero attached hydrogens (tertiary/aromatic N) is 2. The third-order valence-electron chi connectivity index (χ3n) is 3.50. The van der Waals surface area contributed by atoms with E-state index in [1.807, 2.05) is 4.90 Å². The molecule has 0 spiro atoms. The van der Waals surface area contributed by atoms with E-state index in [1.54, 1.807) is 0 Å². The summed E-state index contributed by atoms with van der Waals surface area (Å²) in [6.45, 7) is 8.82. The van der Waals surface area contributed by atoms with Gasteiger partial charge in [-0.25, -0.2) is 0 Å². The predicted octanol–water partition coefficient (Wildman–Crippen LogP) is 0.867. The van der Waals surface area contributed by atoms with Gasteiger partial charge in [0.2, 0.25) is 5.91 Å². The van der Waals surface area contributed by atoms with Crippen LogP contribution in [0, 0.1) is 0 Å². The molecule has 2 fully saturated rings. The minimum atomic E-state index is 0.107. The summed E-state index contributed by atoms with van der Waals surface area (Å²) in [5, 5.41) is 0. The van der Waals surface area contributed by atoms with E-state index < -0.39 is 0 Å². The largest absolute Gasteiger partial charge is 0.333 e. The molecular formula is C11H18N2O. The Hall–Kier alpha value is -0.830. The molecule has 0 radical (unpaired) electrons. The molecule has 0 saturated carbocycles. The van der Waals surface area contributed by atoms with Gasteiger partial charge in [0.25, 0.3) is 0 Å². The Bertz CT molecular complexity index is 252. The Labute approximate surface area is 85.4 Å². The molecule has 2 aliphatic heterocycles. The highest BCUT2D eigenvalue weighted by molar-refractivity contribution is 5.87. The first-order chi connectivity index (χ1) is 6.77. The van der Waals surface area contributed by atoms with Gasteiger partial charge in [0, 0.05) is 19.1 Å². The van der Waals surface area contributed by atoms with E-state index in [1.165, 1.54) is 12.5 Å². The maximum Gasteiger partial charge on any atom is 0.246 e. The van der Waals surface area contributed by atoms with E-state index >= 15 is 0 Å². The molecule has 2 unspecified atom stereocenters. The van der Waals surface area contributed by atoms with Crippen molar-refractivity contribution >= 4 is 5.91 Å². The van der Waals surface area contributed by atoms with Gasteiger partial charge in [-0.1, -0.05) is 13.5 Å². The third kappa shape index (κ3) is 1.36. The molecule has 14 heavy (non-hydrogen) atoms. The molecule has 2 aliphatic rings. The first-order valence-corrected chi connectivity index (χ1v) is 5.45. The number of piperidine rings is 1. The fourth-order valence-electron chi connectivity index (χ4n) is 2.68. The van der Waals surface area contributed by atoms with E-state index in [0.29, 0.717) is 12.1 Å². The summed E-state index contributed by atoms with van der Waals surface area (Å²) in [5.74, 6) is 0.107. The second-order valence-electron chi connectivity index (χ2n) is 4.10. The lowest BCUT2D eigenvalue weighted by Gasteiger charge is -2.55. The average Bonchev–Trinajstić information content (AvgIpc) is 2.19. The molecule has 3 heteroatoms. The van der Waals surface area contributed by atoms with Crippen molar-refractivity contribution in [3.8, 4) is 0 Å². The van der Waals surface area contributed by atoms with Crippen molar-refractivity contribution in [2.45, 2.75) is 31.8 Å². The van der Waals surface area contributed by atoms with Crippen LogP contribution in [0.4, 0.5) is 0 Å². The number of likely N-dealkylation sites (tertiary alicyclic amines) is 2. The standard InChI is InChI=1S/C11H18N2O/c1-3-11(14)13-7-5-6-9-10(13)8-12(9)4-2/h3,9-10H,1,4-8H2,2H3. The summed E-state index contributed by atoms with van der Waals surface area (Å²) < 4.78 is 0. The summed E-state index contributed by atoms with van der Waals surface area (Å²) in [5.41, 5.74) is 0. The molecule has 2 rings (SSSR count).